The molecule has 4 aliphatic carbocycles. The van der Waals surface area contributed by atoms with E-state index in [9.17, 15) is 19.8 Å². The van der Waals surface area contributed by atoms with E-state index < -0.39 is 5.97 Å². The van der Waals surface area contributed by atoms with Gasteiger partial charge in [-0.25, -0.2) is 0 Å². The molecule has 0 aliphatic heterocycles. The minimum atomic E-state index is -1.03. The van der Waals surface area contributed by atoms with Crippen LogP contribution in [0.25, 0.3) is 0 Å². The first kappa shape index (κ1) is 27.9. The first-order valence-electron chi connectivity index (χ1n) is 14.3. The molecular formula is C28H48N3O4-. The van der Waals surface area contributed by atoms with Gasteiger partial charge in [0.15, 0.2) is 0 Å². The van der Waals surface area contributed by atoms with Crippen molar-refractivity contribution in [2.24, 2.45) is 22.7 Å². The van der Waals surface area contributed by atoms with Crippen LogP contribution in [0.1, 0.15) is 110 Å². The van der Waals surface area contributed by atoms with Crippen molar-refractivity contribution in [3.63, 3.8) is 0 Å². The lowest BCUT2D eigenvalue weighted by Gasteiger charge is -2.57. The Kier molecular flexibility index (Phi) is 11.3. The first-order valence-corrected chi connectivity index (χ1v) is 14.3. The van der Waals surface area contributed by atoms with E-state index in [1.807, 2.05) is 0 Å². The highest BCUT2D eigenvalue weighted by atomic mass is 16.4. The van der Waals surface area contributed by atoms with Crippen LogP contribution in [0.4, 0.5) is 0 Å². The van der Waals surface area contributed by atoms with Crippen molar-refractivity contribution in [1.29, 1.82) is 0 Å². The summed E-state index contributed by atoms with van der Waals surface area (Å²) in [5.74, 6) is 0.657. The van der Waals surface area contributed by atoms with Gasteiger partial charge in [-0.15, -0.1) is 0 Å². The second-order valence-electron chi connectivity index (χ2n) is 11.7. The largest absolute Gasteiger partial charge is 0.861 e. The molecule has 7 heteroatoms. The van der Waals surface area contributed by atoms with Crippen LogP contribution in [0.2, 0.25) is 0 Å². The number of aliphatic imine (C=N–C) groups is 1. The standard InChI is InChI=1S/C28H49N3O4/c1-2-3-4-5-6-7-8-9-10-11-12-29-25(32)19-31(21-27(34)35)20-26(33)30-28-16-22-13-23(17-28)15-24(14-22)18-28/h22-24H,2-21H2,1H3,(H,29,32)(H,30,33)(H,34,35)/p-1. The highest BCUT2D eigenvalue weighted by Crippen LogP contribution is 2.55. The van der Waals surface area contributed by atoms with E-state index in [4.69, 9.17) is 0 Å². The highest BCUT2D eigenvalue weighted by molar-refractivity contribution is 5.81. The van der Waals surface area contributed by atoms with E-state index in [1.165, 1.54) is 75.5 Å². The zero-order chi connectivity index (χ0) is 25.1. The summed E-state index contributed by atoms with van der Waals surface area (Å²) in [4.78, 5) is 29.7. The van der Waals surface area contributed by atoms with Crippen LogP contribution in [0.15, 0.2) is 4.99 Å². The maximum atomic E-state index is 12.9. The molecule has 2 N–H and O–H groups in total. The van der Waals surface area contributed by atoms with Gasteiger partial charge in [0.05, 0.1) is 13.1 Å². The third-order valence-corrected chi connectivity index (χ3v) is 8.33. The number of hydrogen-bond donors (Lipinski definition) is 2. The smallest absolute Gasteiger partial charge is 0.317 e. The molecule has 4 rings (SSSR count). The number of unbranched alkanes of at least 4 members (excludes halogenated alkanes) is 9. The Labute approximate surface area is 212 Å². The molecule has 0 atom stereocenters. The summed E-state index contributed by atoms with van der Waals surface area (Å²) in [5, 5.41) is 24.9. The molecule has 200 valence electrons. The van der Waals surface area contributed by atoms with Crippen molar-refractivity contribution in [3.05, 3.63) is 0 Å². The summed E-state index contributed by atoms with van der Waals surface area (Å²) < 4.78 is 0. The molecule has 0 unspecified atom stereocenters. The Morgan fingerprint density at radius 2 is 1.37 bits per heavy atom. The molecule has 0 aromatic heterocycles. The Morgan fingerprint density at radius 1 is 0.857 bits per heavy atom. The molecule has 0 radical (unpaired) electrons. The zero-order valence-corrected chi connectivity index (χ0v) is 21.9. The number of rotatable bonds is 18. The number of nitrogens with one attached hydrogen (secondary N) is 1. The summed E-state index contributed by atoms with van der Waals surface area (Å²) in [6.07, 6.45) is 19.3. The first-order chi connectivity index (χ1) is 16.9. The molecule has 0 heterocycles. The fourth-order valence-corrected chi connectivity index (χ4v) is 7.21. The fraction of sp³-hybridized carbons (Fsp3) is 0.893. The second kappa shape index (κ2) is 14.2. The fourth-order valence-electron chi connectivity index (χ4n) is 7.21. The van der Waals surface area contributed by atoms with E-state index >= 15 is 0 Å². The van der Waals surface area contributed by atoms with Gasteiger partial charge in [-0.1, -0.05) is 64.7 Å². The molecule has 4 saturated carbocycles. The monoisotopic (exact) mass is 490 g/mol. The van der Waals surface area contributed by atoms with E-state index in [-0.39, 0.29) is 37.0 Å². The number of carbonyl (C=O) groups is 2. The average Bonchev–Trinajstić information content (AvgIpc) is 2.75. The van der Waals surface area contributed by atoms with E-state index in [2.05, 4.69) is 17.2 Å². The summed E-state index contributed by atoms with van der Waals surface area (Å²) in [6, 6.07) is 0. The number of aliphatic carboxylic acids is 1. The number of carbonyl (C=O) groups excluding carboxylic acids is 1. The summed E-state index contributed by atoms with van der Waals surface area (Å²) in [5.41, 5.74) is -0.107. The summed E-state index contributed by atoms with van der Waals surface area (Å²) >= 11 is 0. The van der Waals surface area contributed by atoms with Crippen LogP contribution >= 0.6 is 0 Å². The normalized spacial score (nSPS) is 27.5. The van der Waals surface area contributed by atoms with Crippen LogP contribution in [0.3, 0.4) is 0 Å². The van der Waals surface area contributed by atoms with E-state index in [0.717, 1.165) is 49.9 Å². The molecule has 7 nitrogen and oxygen atoms in total. The average molecular weight is 491 g/mol. The minimum Gasteiger partial charge on any atom is -0.861 e. The van der Waals surface area contributed by atoms with Gasteiger partial charge in [0.2, 0.25) is 5.91 Å². The van der Waals surface area contributed by atoms with E-state index in [0.29, 0.717) is 6.54 Å². The minimum absolute atomic E-state index is 0.0619. The Hall–Kier alpha value is -1.63. The van der Waals surface area contributed by atoms with Crippen molar-refractivity contribution in [2.45, 2.75) is 115 Å². The molecule has 4 bridgehead atoms. The van der Waals surface area contributed by atoms with Crippen LogP contribution in [0, 0.1) is 17.8 Å². The molecule has 0 spiro atoms. The third kappa shape index (κ3) is 9.74. The Balaban J connectivity index is 1.34. The van der Waals surface area contributed by atoms with Gasteiger partial charge >= 0.3 is 5.97 Å². The predicted molar refractivity (Wildman–Crippen MR) is 137 cm³/mol. The van der Waals surface area contributed by atoms with Gasteiger partial charge < -0.3 is 20.5 Å². The van der Waals surface area contributed by atoms with Crippen molar-refractivity contribution in [2.75, 3.05) is 26.2 Å². The molecule has 0 aromatic rings. The van der Waals surface area contributed by atoms with Gasteiger partial charge in [-0.2, -0.15) is 0 Å². The summed E-state index contributed by atoms with van der Waals surface area (Å²) in [7, 11) is 0. The maximum absolute atomic E-state index is 12.9. The van der Waals surface area contributed by atoms with Crippen molar-refractivity contribution < 1.29 is 19.8 Å². The summed E-state index contributed by atoms with van der Waals surface area (Å²) in [6.45, 7) is 2.22. The number of nitrogens with zero attached hydrogens (tertiary/aromatic N) is 2. The highest BCUT2D eigenvalue weighted by Gasteiger charge is 2.51. The molecule has 1 amide bonds. The van der Waals surface area contributed by atoms with Gasteiger partial charge in [-0.05, 0) is 68.6 Å². The van der Waals surface area contributed by atoms with Gasteiger partial charge in [0.1, 0.15) is 0 Å². The number of carboxylic acids is 1. The van der Waals surface area contributed by atoms with Gasteiger partial charge in [0, 0.05) is 18.6 Å². The molecule has 4 aliphatic rings. The maximum Gasteiger partial charge on any atom is 0.317 e. The van der Waals surface area contributed by atoms with Crippen LogP contribution in [-0.2, 0) is 9.59 Å². The van der Waals surface area contributed by atoms with Crippen LogP contribution in [-0.4, -0.2) is 59.5 Å². The molecule has 4 fully saturated rings. The van der Waals surface area contributed by atoms with Crippen LogP contribution < -0.4 is 10.4 Å². The lowest BCUT2D eigenvalue weighted by atomic mass is 9.53. The number of amides is 1. The molecule has 0 aromatic carbocycles. The molecule has 0 saturated heterocycles. The Morgan fingerprint density at radius 3 is 1.89 bits per heavy atom. The van der Waals surface area contributed by atoms with Gasteiger partial charge in [0.25, 0.3) is 0 Å². The number of carboxylic acid groups (broad SMARTS) is 1. The van der Waals surface area contributed by atoms with Crippen LogP contribution in [0.5, 0.6) is 0 Å². The van der Waals surface area contributed by atoms with Crippen molar-refractivity contribution in [3.8, 4) is 0 Å². The SMILES string of the molecule is CCCCCCCCCCCCN=C([O-])CN(CC(=O)O)CC(=O)NC12CC3CC(CC(C3)C1)C2. The predicted octanol–water partition coefficient (Wildman–Crippen LogP) is 4.14. The third-order valence-electron chi connectivity index (χ3n) is 8.33. The van der Waals surface area contributed by atoms with Gasteiger partial charge in [-0.3, -0.25) is 14.5 Å². The van der Waals surface area contributed by atoms with E-state index in [1.54, 1.807) is 0 Å². The zero-order valence-electron chi connectivity index (χ0n) is 21.9. The molecule has 35 heavy (non-hydrogen) atoms. The Bertz CT molecular complexity index is 673. The molecular weight excluding hydrogens is 442 g/mol. The van der Waals surface area contributed by atoms with Crippen molar-refractivity contribution in [1.82, 2.24) is 10.2 Å². The quantitative estimate of drug-likeness (QED) is 0.171. The lowest BCUT2D eigenvalue weighted by Crippen LogP contribution is -2.61. The van der Waals surface area contributed by atoms with Crippen molar-refractivity contribution >= 4 is 17.8 Å². The number of hydrogen-bond acceptors (Lipinski definition) is 5. The second-order valence-corrected chi connectivity index (χ2v) is 11.7. The lowest BCUT2D eigenvalue weighted by molar-refractivity contribution is -0.220. The topological polar surface area (TPSA) is 105 Å².